The average Bonchev–Trinajstić information content (AvgIpc) is 2.70. The van der Waals surface area contributed by atoms with Crippen LogP contribution in [0.5, 0.6) is 0 Å². The average molecular weight is 439 g/mol. The number of allylic oxidation sites excluding steroid dienone is 1. The fourth-order valence-electron chi connectivity index (χ4n) is 4.18. The Morgan fingerprint density at radius 1 is 1.09 bits per heavy atom. The minimum Gasteiger partial charge on any atom is -0.399 e. The van der Waals surface area contributed by atoms with Crippen LogP contribution in [-0.2, 0) is 5.41 Å². The van der Waals surface area contributed by atoms with E-state index in [-0.39, 0.29) is 23.5 Å². The van der Waals surface area contributed by atoms with Gasteiger partial charge in [-0.1, -0.05) is 83.3 Å². The number of rotatable bonds is 12. The van der Waals surface area contributed by atoms with Crippen LogP contribution in [0.4, 0.5) is 0 Å². The Labute approximate surface area is 197 Å². The van der Waals surface area contributed by atoms with E-state index in [1.165, 1.54) is 11.1 Å². The molecule has 4 N–H and O–H groups in total. The van der Waals surface area contributed by atoms with Crippen molar-refractivity contribution in [1.82, 2.24) is 15.5 Å². The molecule has 0 heterocycles. The molecule has 0 bridgehead atoms. The van der Waals surface area contributed by atoms with Crippen molar-refractivity contribution in [2.45, 2.75) is 72.0 Å². The summed E-state index contributed by atoms with van der Waals surface area (Å²) in [6, 6.07) is 8.98. The first-order valence-corrected chi connectivity index (χ1v) is 11.5. The zero-order valence-electron chi connectivity index (χ0n) is 21.8. The first-order chi connectivity index (χ1) is 14.7. The summed E-state index contributed by atoms with van der Waals surface area (Å²) >= 11 is 0. The Hall–Kier alpha value is -2.46. The number of hydrogen-bond acceptors (Lipinski definition) is 4. The van der Waals surface area contributed by atoms with Gasteiger partial charge in [0, 0.05) is 35.6 Å². The molecule has 3 unspecified atom stereocenters. The third-order valence-electron chi connectivity index (χ3n) is 6.57. The molecule has 1 aromatic carbocycles. The first-order valence-electron chi connectivity index (χ1n) is 11.5. The molecule has 0 aliphatic carbocycles. The molecule has 0 saturated carbocycles. The van der Waals surface area contributed by atoms with Crippen molar-refractivity contribution in [3.63, 3.8) is 0 Å². The standard InChI is InChI=1S/C28H46N4/c1-18(2)26(17-20(4)21(5)29)32(12)24(8)22(6)31-23(7)27(30-11)28(9,10)25-15-13-19(3)14-16-25/h13-18,22,26-27,30-31H,5,7-8,29H2,1-4,6,9-12H3/b20-17+. The second kappa shape index (κ2) is 11.4. The minimum absolute atomic E-state index is 0.0215. The van der Waals surface area contributed by atoms with Crippen molar-refractivity contribution in [2.75, 3.05) is 14.1 Å². The quantitative estimate of drug-likeness (QED) is 0.391. The SMILES string of the molecule is C=C(N)/C(C)=C/C(C(C)C)N(C)C(=C)C(C)NC(=C)C(NC)C(C)(C)c1ccc(C)cc1. The Bertz CT molecular complexity index is 829. The molecule has 0 fully saturated rings. The van der Waals surface area contributed by atoms with E-state index in [0.29, 0.717) is 11.6 Å². The zero-order chi connectivity index (χ0) is 24.8. The summed E-state index contributed by atoms with van der Waals surface area (Å²) in [5.41, 5.74) is 11.8. The third-order valence-corrected chi connectivity index (χ3v) is 6.57. The van der Waals surface area contributed by atoms with E-state index >= 15 is 0 Å². The molecular formula is C28H46N4. The molecule has 0 spiro atoms. The van der Waals surface area contributed by atoms with Crippen LogP contribution < -0.4 is 16.4 Å². The molecule has 1 rings (SSSR count). The lowest BCUT2D eigenvalue weighted by Crippen LogP contribution is -2.50. The van der Waals surface area contributed by atoms with Gasteiger partial charge >= 0.3 is 0 Å². The lowest BCUT2D eigenvalue weighted by Gasteiger charge is -2.39. The van der Waals surface area contributed by atoms with E-state index < -0.39 is 0 Å². The van der Waals surface area contributed by atoms with Crippen LogP contribution in [-0.4, -0.2) is 37.1 Å². The molecule has 4 nitrogen and oxygen atoms in total. The highest BCUT2D eigenvalue weighted by atomic mass is 15.2. The van der Waals surface area contributed by atoms with Crippen molar-refractivity contribution in [1.29, 1.82) is 0 Å². The highest BCUT2D eigenvalue weighted by molar-refractivity contribution is 5.33. The van der Waals surface area contributed by atoms with Gasteiger partial charge in [-0.25, -0.2) is 0 Å². The predicted octanol–water partition coefficient (Wildman–Crippen LogP) is 5.24. The lowest BCUT2D eigenvalue weighted by atomic mass is 9.76. The maximum Gasteiger partial charge on any atom is 0.0625 e. The summed E-state index contributed by atoms with van der Waals surface area (Å²) in [4.78, 5) is 2.22. The largest absolute Gasteiger partial charge is 0.399 e. The molecule has 4 heteroatoms. The van der Waals surface area contributed by atoms with E-state index in [9.17, 15) is 0 Å². The number of nitrogens with zero attached hydrogens (tertiary/aromatic N) is 1. The van der Waals surface area contributed by atoms with Crippen molar-refractivity contribution in [3.05, 3.63) is 83.9 Å². The van der Waals surface area contributed by atoms with Crippen molar-refractivity contribution >= 4 is 0 Å². The number of aryl methyl sites for hydroxylation is 1. The fraction of sp³-hybridized carbons (Fsp3) is 0.500. The van der Waals surface area contributed by atoms with Gasteiger partial charge in [0.1, 0.15) is 0 Å². The normalized spacial score (nSPS) is 15.1. The van der Waals surface area contributed by atoms with E-state index in [1.807, 2.05) is 14.0 Å². The molecule has 1 aromatic rings. The monoisotopic (exact) mass is 438 g/mol. The van der Waals surface area contributed by atoms with Crippen LogP contribution in [0, 0.1) is 12.8 Å². The first kappa shape index (κ1) is 27.6. The van der Waals surface area contributed by atoms with Crippen LogP contribution in [0.3, 0.4) is 0 Å². The smallest absolute Gasteiger partial charge is 0.0625 e. The van der Waals surface area contributed by atoms with Crippen molar-refractivity contribution < 1.29 is 0 Å². The van der Waals surface area contributed by atoms with Crippen LogP contribution in [0.25, 0.3) is 0 Å². The van der Waals surface area contributed by atoms with Crippen LogP contribution in [0.2, 0.25) is 0 Å². The van der Waals surface area contributed by atoms with Gasteiger partial charge in [0.15, 0.2) is 0 Å². The predicted molar refractivity (Wildman–Crippen MR) is 141 cm³/mol. The maximum absolute atomic E-state index is 5.90. The summed E-state index contributed by atoms with van der Waals surface area (Å²) in [5.74, 6) is 0.395. The highest BCUT2D eigenvalue weighted by Crippen LogP contribution is 2.30. The summed E-state index contributed by atoms with van der Waals surface area (Å²) in [6.45, 7) is 27.8. The van der Waals surface area contributed by atoms with E-state index in [4.69, 9.17) is 5.73 Å². The number of nitrogens with two attached hydrogens (primary N) is 1. The van der Waals surface area contributed by atoms with Gasteiger partial charge in [0.2, 0.25) is 0 Å². The third kappa shape index (κ3) is 6.77. The van der Waals surface area contributed by atoms with Gasteiger partial charge in [-0.15, -0.1) is 0 Å². The molecule has 178 valence electrons. The van der Waals surface area contributed by atoms with Crippen LogP contribution in [0.15, 0.2) is 72.7 Å². The van der Waals surface area contributed by atoms with E-state index in [0.717, 1.165) is 17.0 Å². The Morgan fingerprint density at radius 3 is 2.06 bits per heavy atom. The van der Waals surface area contributed by atoms with Gasteiger partial charge in [0.05, 0.1) is 12.1 Å². The Morgan fingerprint density at radius 2 is 1.62 bits per heavy atom. The van der Waals surface area contributed by atoms with Gasteiger partial charge in [-0.05, 0) is 44.9 Å². The fourth-order valence-corrected chi connectivity index (χ4v) is 4.18. The lowest BCUT2D eigenvalue weighted by molar-refractivity contribution is 0.267. The molecule has 0 radical (unpaired) electrons. The Kier molecular flexibility index (Phi) is 9.84. The van der Waals surface area contributed by atoms with Gasteiger partial charge in [0.25, 0.3) is 0 Å². The van der Waals surface area contributed by atoms with Gasteiger partial charge in [-0.2, -0.15) is 0 Å². The molecule has 0 amide bonds. The number of nitrogens with one attached hydrogen (secondary N) is 2. The Balaban J connectivity index is 3.02. The second-order valence-electron chi connectivity index (χ2n) is 9.91. The highest BCUT2D eigenvalue weighted by Gasteiger charge is 2.33. The minimum atomic E-state index is -0.138. The summed E-state index contributed by atoms with van der Waals surface area (Å²) < 4.78 is 0. The van der Waals surface area contributed by atoms with Crippen molar-refractivity contribution in [2.24, 2.45) is 11.7 Å². The number of benzene rings is 1. The topological polar surface area (TPSA) is 53.3 Å². The van der Waals surface area contributed by atoms with E-state index in [2.05, 4.69) is 114 Å². The molecule has 3 atom stereocenters. The molecular weight excluding hydrogens is 392 g/mol. The molecule has 0 aliphatic rings. The maximum atomic E-state index is 5.90. The van der Waals surface area contributed by atoms with Crippen molar-refractivity contribution in [3.8, 4) is 0 Å². The second-order valence-corrected chi connectivity index (χ2v) is 9.91. The number of likely N-dealkylation sites (N-methyl/N-ethyl adjacent to an activating group) is 2. The summed E-state index contributed by atoms with van der Waals surface area (Å²) in [6.07, 6.45) is 2.18. The van der Waals surface area contributed by atoms with Crippen LogP contribution in [0.1, 0.15) is 52.7 Å². The molecule has 32 heavy (non-hydrogen) atoms. The molecule has 0 aliphatic heterocycles. The number of hydrogen-bond donors (Lipinski definition) is 3. The van der Waals surface area contributed by atoms with E-state index in [1.54, 1.807) is 0 Å². The summed E-state index contributed by atoms with van der Waals surface area (Å²) in [7, 11) is 4.07. The van der Waals surface area contributed by atoms with Gasteiger partial charge in [-0.3, -0.25) is 0 Å². The summed E-state index contributed by atoms with van der Waals surface area (Å²) in [5, 5.41) is 7.08. The molecule has 0 aromatic heterocycles. The molecule has 0 saturated heterocycles. The van der Waals surface area contributed by atoms with Gasteiger partial charge < -0.3 is 21.3 Å². The zero-order valence-corrected chi connectivity index (χ0v) is 21.8. The van der Waals surface area contributed by atoms with Crippen LogP contribution >= 0.6 is 0 Å².